The van der Waals surface area contributed by atoms with Crippen molar-refractivity contribution in [3.8, 4) is 0 Å². The van der Waals surface area contributed by atoms with Crippen LogP contribution >= 0.6 is 0 Å². The van der Waals surface area contributed by atoms with Gasteiger partial charge in [0.1, 0.15) is 0 Å². The number of nitrogens with zero attached hydrogens (tertiary/aromatic N) is 3. The fraction of sp³-hybridized carbons (Fsp3) is 0.522. The van der Waals surface area contributed by atoms with Crippen molar-refractivity contribution in [3.05, 3.63) is 53.9 Å². The summed E-state index contributed by atoms with van der Waals surface area (Å²) in [4.78, 5) is 23.9. The van der Waals surface area contributed by atoms with Crippen LogP contribution < -0.4 is 10.2 Å². The first-order valence-corrected chi connectivity index (χ1v) is 10.5. The maximum atomic E-state index is 13.1. The van der Waals surface area contributed by atoms with Crippen LogP contribution in [-0.2, 0) is 11.2 Å². The van der Waals surface area contributed by atoms with Crippen LogP contribution in [-0.4, -0.2) is 29.0 Å². The lowest BCUT2D eigenvalue weighted by Crippen LogP contribution is -2.45. The van der Waals surface area contributed by atoms with Gasteiger partial charge in [-0.05, 0) is 42.4 Å². The number of hydrogen-bond donors (Lipinski definition) is 1. The zero-order valence-corrected chi connectivity index (χ0v) is 17.3. The van der Waals surface area contributed by atoms with Gasteiger partial charge in [-0.1, -0.05) is 51.5 Å². The minimum Gasteiger partial charge on any atom is -0.349 e. The number of nitrogens with one attached hydrogen (secondary N) is 1. The van der Waals surface area contributed by atoms with Crippen LogP contribution in [0.5, 0.6) is 0 Å². The van der Waals surface area contributed by atoms with Crippen LogP contribution in [0.3, 0.4) is 0 Å². The molecule has 3 rings (SSSR count). The van der Waals surface area contributed by atoms with Gasteiger partial charge in [-0.15, -0.1) is 0 Å². The summed E-state index contributed by atoms with van der Waals surface area (Å²) in [5.74, 6) is 1.15. The zero-order chi connectivity index (χ0) is 19.9. The van der Waals surface area contributed by atoms with E-state index in [4.69, 9.17) is 0 Å². The Bertz CT molecular complexity index is 745. The molecule has 1 amide bonds. The second kappa shape index (κ2) is 9.67. The van der Waals surface area contributed by atoms with Crippen LogP contribution in [0.4, 0.5) is 5.95 Å². The number of benzene rings is 1. The van der Waals surface area contributed by atoms with E-state index >= 15 is 0 Å². The topological polar surface area (TPSA) is 58.1 Å². The average Bonchev–Trinajstić information content (AvgIpc) is 2.73. The molecule has 0 radical (unpaired) electrons. The summed E-state index contributed by atoms with van der Waals surface area (Å²) in [6, 6.07) is 10.6. The number of piperidine rings is 1. The number of hydrogen-bond acceptors (Lipinski definition) is 4. The summed E-state index contributed by atoms with van der Waals surface area (Å²) in [6.07, 6.45) is 7.64. The highest BCUT2D eigenvalue weighted by atomic mass is 16.2. The Hall–Kier alpha value is -2.43. The monoisotopic (exact) mass is 380 g/mol. The Labute approximate surface area is 168 Å². The van der Waals surface area contributed by atoms with Gasteiger partial charge in [0.2, 0.25) is 11.9 Å². The average molecular weight is 381 g/mol. The van der Waals surface area contributed by atoms with Gasteiger partial charge < -0.3 is 10.2 Å². The van der Waals surface area contributed by atoms with Gasteiger partial charge in [-0.2, -0.15) is 0 Å². The van der Waals surface area contributed by atoms with Crippen molar-refractivity contribution in [2.45, 2.75) is 52.5 Å². The van der Waals surface area contributed by atoms with Crippen LogP contribution in [0, 0.1) is 11.8 Å². The maximum Gasteiger partial charge on any atom is 0.225 e. The number of rotatable bonds is 7. The number of aryl methyl sites for hydroxylation is 1. The van der Waals surface area contributed by atoms with Crippen LogP contribution in [0.25, 0.3) is 0 Å². The third-order valence-corrected chi connectivity index (χ3v) is 5.47. The van der Waals surface area contributed by atoms with Gasteiger partial charge in [-0.3, -0.25) is 4.79 Å². The standard InChI is InChI=1S/C23H32N4O/c1-4-7-18-9-11-19(12-10-18)21(17(2)3)26-22(28)20-8-5-15-27(16-20)23-24-13-6-14-25-23/h6,9-14,17,20-21H,4-5,7-8,15-16H2,1-3H3,(H,26,28). The van der Waals surface area contributed by atoms with E-state index < -0.39 is 0 Å². The van der Waals surface area contributed by atoms with E-state index in [0.717, 1.165) is 32.2 Å². The molecule has 1 saturated heterocycles. The van der Waals surface area contributed by atoms with Crippen LogP contribution in [0.15, 0.2) is 42.7 Å². The normalized spacial score (nSPS) is 18.1. The Morgan fingerprint density at radius 2 is 1.93 bits per heavy atom. The van der Waals surface area contributed by atoms with Crippen molar-refractivity contribution in [1.82, 2.24) is 15.3 Å². The second-order valence-corrected chi connectivity index (χ2v) is 8.06. The van der Waals surface area contributed by atoms with Gasteiger partial charge in [0.05, 0.1) is 12.0 Å². The molecule has 1 aliphatic rings. The maximum absolute atomic E-state index is 13.1. The van der Waals surface area contributed by atoms with E-state index in [1.165, 1.54) is 11.1 Å². The summed E-state index contributed by atoms with van der Waals surface area (Å²) < 4.78 is 0. The molecule has 0 bridgehead atoms. The van der Waals surface area contributed by atoms with Crippen molar-refractivity contribution in [2.75, 3.05) is 18.0 Å². The third kappa shape index (κ3) is 5.09. The molecule has 5 heteroatoms. The molecule has 0 saturated carbocycles. The first-order valence-electron chi connectivity index (χ1n) is 10.5. The molecule has 2 heterocycles. The van der Waals surface area contributed by atoms with Crippen molar-refractivity contribution in [1.29, 1.82) is 0 Å². The lowest BCUT2D eigenvalue weighted by molar-refractivity contribution is -0.126. The molecule has 1 aromatic carbocycles. The molecule has 2 unspecified atom stereocenters. The van der Waals surface area contributed by atoms with Crippen LogP contribution in [0.1, 0.15) is 57.2 Å². The Kier molecular flexibility index (Phi) is 7.01. The van der Waals surface area contributed by atoms with E-state index in [0.29, 0.717) is 18.4 Å². The number of aromatic nitrogens is 2. The smallest absolute Gasteiger partial charge is 0.225 e. The van der Waals surface area contributed by atoms with E-state index in [1.54, 1.807) is 12.4 Å². The molecule has 150 valence electrons. The van der Waals surface area contributed by atoms with Gasteiger partial charge in [0.15, 0.2) is 0 Å². The van der Waals surface area contributed by atoms with E-state index in [1.807, 2.05) is 6.07 Å². The van der Waals surface area contributed by atoms with Gasteiger partial charge in [0.25, 0.3) is 0 Å². The minimum absolute atomic E-state index is 0.0295. The molecular formula is C23H32N4O. The van der Waals surface area contributed by atoms with E-state index in [-0.39, 0.29) is 17.9 Å². The van der Waals surface area contributed by atoms with Crippen molar-refractivity contribution >= 4 is 11.9 Å². The highest BCUT2D eigenvalue weighted by Crippen LogP contribution is 2.25. The molecule has 2 aromatic rings. The van der Waals surface area contributed by atoms with Crippen LogP contribution in [0.2, 0.25) is 0 Å². The molecule has 0 spiro atoms. The van der Waals surface area contributed by atoms with Crippen molar-refractivity contribution in [2.24, 2.45) is 11.8 Å². The number of anilines is 1. The predicted octanol–water partition coefficient (Wildman–Crippen LogP) is 4.16. The summed E-state index contributed by atoms with van der Waals surface area (Å²) >= 11 is 0. The summed E-state index contributed by atoms with van der Waals surface area (Å²) in [6.45, 7) is 8.10. The number of carbonyl (C=O) groups excluding carboxylic acids is 1. The highest BCUT2D eigenvalue weighted by molar-refractivity contribution is 5.80. The molecule has 1 aliphatic heterocycles. The SMILES string of the molecule is CCCc1ccc(C(NC(=O)C2CCCN(c3ncccn3)C2)C(C)C)cc1. The number of amides is 1. The van der Waals surface area contributed by atoms with E-state index in [2.05, 4.69) is 65.2 Å². The lowest BCUT2D eigenvalue weighted by atomic mass is 9.92. The largest absolute Gasteiger partial charge is 0.349 e. The quantitative estimate of drug-likeness (QED) is 0.784. The predicted molar refractivity (Wildman–Crippen MR) is 113 cm³/mol. The fourth-order valence-corrected chi connectivity index (χ4v) is 3.91. The number of carbonyl (C=O) groups is 1. The van der Waals surface area contributed by atoms with E-state index in [9.17, 15) is 4.79 Å². The Morgan fingerprint density at radius 1 is 1.21 bits per heavy atom. The van der Waals surface area contributed by atoms with Gasteiger partial charge in [0, 0.05) is 25.5 Å². The molecule has 1 aromatic heterocycles. The second-order valence-electron chi connectivity index (χ2n) is 8.06. The van der Waals surface area contributed by atoms with Gasteiger partial charge >= 0.3 is 0 Å². The lowest BCUT2D eigenvalue weighted by Gasteiger charge is -2.33. The molecule has 2 atom stereocenters. The first-order chi connectivity index (χ1) is 13.6. The summed E-state index contributed by atoms with van der Waals surface area (Å²) in [7, 11) is 0. The molecule has 1 N–H and O–H groups in total. The molecule has 28 heavy (non-hydrogen) atoms. The molecule has 0 aliphatic carbocycles. The first kappa shape index (κ1) is 20.3. The van der Waals surface area contributed by atoms with Crippen molar-refractivity contribution < 1.29 is 4.79 Å². The molecular weight excluding hydrogens is 348 g/mol. The van der Waals surface area contributed by atoms with Crippen molar-refractivity contribution in [3.63, 3.8) is 0 Å². The summed E-state index contributed by atoms with van der Waals surface area (Å²) in [5.41, 5.74) is 2.54. The zero-order valence-electron chi connectivity index (χ0n) is 17.3. The summed E-state index contributed by atoms with van der Waals surface area (Å²) in [5, 5.41) is 3.32. The highest BCUT2D eigenvalue weighted by Gasteiger charge is 2.29. The fourth-order valence-electron chi connectivity index (χ4n) is 3.91. The molecule has 1 fully saturated rings. The third-order valence-electron chi connectivity index (χ3n) is 5.47. The minimum atomic E-state index is -0.0295. The van der Waals surface area contributed by atoms with Gasteiger partial charge in [-0.25, -0.2) is 9.97 Å². The Balaban J connectivity index is 1.66. The molecule has 5 nitrogen and oxygen atoms in total. The Morgan fingerprint density at radius 3 is 2.57 bits per heavy atom.